The Balaban J connectivity index is 1.74. The molecule has 0 aliphatic carbocycles. The molecule has 12 heteroatoms. The third-order valence-electron chi connectivity index (χ3n) is 4.09. The molecular formula is C18H16N4O6S2. The van der Waals surface area contributed by atoms with Gasteiger partial charge in [-0.3, -0.25) is 25.1 Å². The lowest BCUT2D eigenvalue weighted by atomic mass is 10.1. The van der Waals surface area contributed by atoms with Crippen molar-refractivity contribution in [3.8, 4) is 11.3 Å². The molecule has 0 saturated heterocycles. The van der Waals surface area contributed by atoms with Crippen LogP contribution in [0.5, 0.6) is 0 Å². The highest BCUT2D eigenvalue weighted by Crippen LogP contribution is 2.27. The third-order valence-corrected chi connectivity index (χ3v) is 6.54. The Morgan fingerprint density at radius 1 is 1.23 bits per heavy atom. The van der Waals surface area contributed by atoms with E-state index in [9.17, 15) is 23.3 Å². The summed E-state index contributed by atoms with van der Waals surface area (Å²) in [5.74, 6) is -0.473. The normalized spacial score (nSPS) is 11.4. The van der Waals surface area contributed by atoms with E-state index >= 15 is 0 Å². The molecule has 1 amide bonds. The third kappa shape index (κ3) is 4.52. The van der Waals surface area contributed by atoms with Crippen molar-refractivity contribution in [1.29, 1.82) is 0 Å². The van der Waals surface area contributed by atoms with Crippen molar-refractivity contribution in [2.24, 2.45) is 0 Å². The minimum atomic E-state index is -3.81. The molecule has 0 radical (unpaired) electrons. The Morgan fingerprint density at radius 3 is 2.57 bits per heavy atom. The first-order chi connectivity index (χ1) is 14.2. The maximum atomic E-state index is 12.4. The molecule has 0 unspecified atom stereocenters. The second-order valence-corrected chi connectivity index (χ2v) is 8.72. The molecule has 0 spiro atoms. The Labute approximate surface area is 175 Å². The number of anilines is 1. The van der Waals surface area contributed by atoms with Crippen LogP contribution in [0, 0.1) is 10.1 Å². The van der Waals surface area contributed by atoms with Crippen LogP contribution in [0.4, 0.5) is 10.8 Å². The predicted molar refractivity (Wildman–Crippen MR) is 111 cm³/mol. The zero-order chi connectivity index (χ0) is 21.9. The fourth-order valence-electron chi connectivity index (χ4n) is 2.44. The van der Waals surface area contributed by atoms with Crippen molar-refractivity contribution < 1.29 is 23.0 Å². The maximum absolute atomic E-state index is 12.4. The fraction of sp³-hybridized carbons (Fsp3) is 0.111. The van der Waals surface area contributed by atoms with E-state index in [-0.39, 0.29) is 16.1 Å². The molecule has 30 heavy (non-hydrogen) atoms. The lowest BCUT2D eigenvalue weighted by Gasteiger charge is -2.14. The number of nitrogens with zero attached hydrogens (tertiary/aromatic N) is 3. The number of hydrogen-bond acceptors (Lipinski definition) is 8. The van der Waals surface area contributed by atoms with Crippen molar-refractivity contribution in [3.05, 3.63) is 69.6 Å². The highest BCUT2D eigenvalue weighted by Gasteiger charge is 2.21. The van der Waals surface area contributed by atoms with E-state index in [4.69, 9.17) is 4.84 Å². The highest BCUT2D eigenvalue weighted by molar-refractivity contribution is 7.89. The summed E-state index contributed by atoms with van der Waals surface area (Å²) in [7, 11) is -1.31. The molecule has 0 bridgehead atoms. The van der Waals surface area contributed by atoms with Crippen molar-refractivity contribution in [2.75, 3.05) is 19.5 Å². The summed E-state index contributed by atoms with van der Waals surface area (Å²) in [5.41, 5.74) is 1.22. The molecule has 3 aromatic rings. The first kappa shape index (κ1) is 21.5. The second-order valence-electron chi connectivity index (χ2n) is 5.92. The number of thiazole rings is 1. The first-order valence-electron chi connectivity index (χ1n) is 8.37. The van der Waals surface area contributed by atoms with Gasteiger partial charge in [0.25, 0.3) is 21.6 Å². The number of carbonyl (C=O) groups is 1. The van der Waals surface area contributed by atoms with Gasteiger partial charge in [-0.2, -0.15) is 0 Å². The number of sulfonamides is 1. The molecule has 1 aromatic heterocycles. The number of hydrogen-bond donors (Lipinski definition) is 1. The summed E-state index contributed by atoms with van der Waals surface area (Å²) in [4.78, 5) is 31.8. The molecule has 0 fully saturated rings. The van der Waals surface area contributed by atoms with Crippen LogP contribution in [0.3, 0.4) is 0 Å². The summed E-state index contributed by atoms with van der Waals surface area (Å²) in [6.45, 7) is 0. The number of nitro groups is 1. The molecule has 10 nitrogen and oxygen atoms in total. The van der Waals surface area contributed by atoms with Gasteiger partial charge in [-0.25, -0.2) is 13.4 Å². The van der Waals surface area contributed by atoms with Crippen molar-refractivity contribution >= 4 is 38.1 Å². The number of carbonyl (C=O) groups excluding carboxylic acids is 1. The SMILES string of the molecule is CON(C)S(=O)(=O)c1ccc(C(=O)Nc2nc(-c3cccc([N+](=O)[O-])c3)cs2)cc1. The molecule has 0 aliphatic heterocycles. The predicted octanol–water partition coefficient (Wildman–Crippen LogP) is 3.15. The monoisotopic (exact) mass is 448 g/mol. The Bertz CT molecular complexity index is 1190. The molecule has 3 rings (SSSR count). The Kier molecular flexibility index (Phi) is 6.22. The number of benzene rings is 2. The quantitative estimate of drug-likeness (QED) is 0.434. The first-order valence-corrected chi connectivity index (χ1v) is 10.7. The van der Waals surface area contributed by atoms with E-state index in [2.05, 4.69) is 10.3 Å². The van der Waals surface area contributed by atoms with Crippen LogP contribution in [-0.2, 0) is 14.9 Å². The number of aromatic nitrogens is 1. The van der Waals surface area contributed by atoms with Crippen LogP contribution in [0.25, 0.3) is 11.3 Å². The van der Waals surface area contributed by atoms with E-state index in [0.717, 1.165) is 11.3 Å². The lowest BCUT2D eigenvalue weighted by Crippen LogP contribution is -2.25. The highest BCUT2D eigenvalue weighted by atomic mass is 32.2. The molecule has 0 saturated carbocycles. The van der Waals surface area contributed by atoms with Crippen molar-refractivity contribution in [2.45, 2.75) is 4.90 Å². The minimum absolute atomic E-state index is 0.0226. The second kappa shape index (κ2) is 8.67. The largest absolute Gasteiger partial charge is 0.298 e. The van der Waals surface area contributed by atoms with Gasteiger partial charge < -0.3 is 0 Å². The minimum Gasteiger partial charge on any atom is -0.298 e. The summed E-state index contributed by atoms with van der Waals surface area (Å²) >= 11 is 1.16. The van der Waals surface area contributed by atoms with Gasteiger partial charge in [0.2, 0.25) is 0 Å². The molecule has 1 heterocycles. The van der Waals surface area contributed by atoms with Crippen LogP contribution in [-0.4, -0.2) is 42.9 Å². The topological polar surface area (TPSA) is 132 Å². The van der Waals surface area contributed by atoms with Gasteiger partial charge >= 0.3 is 0 Å². The molecule has 0 atom stereocenters. The van der Waals surface area contributed by atoms with Gasteiger partial charge in [-0.1, -0.05) is 16.6 Å². The summed E-state index contributed by atoms with van der Waals surface area (Å²) in [5, 5.41) is 15.5. The van der Waals surface area contributed by atoms with Gasteiger partial charge in [0.05, 0.1) is 22.6 Å². The van der Waals surface area contributed by atoms with Crippen molar-refractivity contribution in [1.82, 2.24) is 9.45 Å². The summed E-state index contributed by atoms with van der Waals surface area (Å²) < 4.78 is 25.1. The number of non-ortho nitro benzene ring substituents is 1. The number of amides is 1. The average molecular weight is 448 g/mol. The molecule has 1 N–H and O–H groups in total. The van der Waals surface area contributed by atoms with Crippen molar-refractivity contribution in [3.63, 3.8) is 0 Å². The van der Waals surface area contributed by atoms with Gasteiger partial charge in [0.15, 0.2) is 5.13 Å². The van der Waals surface area contributed by atoms with E-state index in [1.807, 2.05) is 0 Å². The molecule has 0 aliphatic rings. The van der Waals surface area contributed by atoms with E-state index in [1.165, 1.54) is 50.6 Å². The number of rotatable bonds is 7. The van der Waals surface area contributed by atoms with E-state index in [0.29, 0.717) is 20.9 Å². The van der Waals surface area contributed by atoms with Crippen LogP contribution in [0.1, 0.15) is 10.4 Å². The molecular weight excluding hydrogens is 432 g/mol. The summed E-state index contributed by atoms with van der Waals surface area (Å²) in [6.07, 6.45) is 0. The van der Waals surface area contributed by atoms with Crippen LogP contribution in [0.2, 0.25) is 0 Å². The standard InChI is InChI=1S/C18H16N4O6S2/c1-21(28-2)30(26,27)15-8-6-12(7-9-15)17(23)20-18-19-16(11-29-18)13-4-3-5-14(10-13)22(24)25/h3-11H,1-2H3,(H,19,20,23). The van der Waals surface area contributed by atoms with Crippen LogP contribution in [0.15, 0.2) is 58.8 Å². The van der Waals surface area contributed by atoms with Gasteiger partial charge in [0, 0.05) is 35.7 Å². The number of nitro benzene ring substituents is 1. The van der Waals surface area contributed by atoms with Crippen LogP contribution >= 0.6 is 11.3 Å². The Morgan fingerprint density at radius 2 is 1.93 bits per heavy atom. The number of nitrogens with one attached hydrogen (secondary N) is 1. The zero-order valence-corrected chi connectivity index (χ0v) is 17.4. The van der Waals surface area contributed by atoms with Gasteiger partial charge in [-0.05, 0) is 24.3 Å². The molecule has 2 aromatic carbocycles. The lowest BCUT2D eigenvalue weighted by molar-refractivity contribution is -0.384. The smallest absolute Gasteiger partial charge is 0.270 e. The number of hydroxylamine groups is 1. The van der Waals surface area contributed by atoms with Crippen LogP contribution < -0.4 is 5.32 Å². The van der Waals surface area contributed by atoms with E-state index < -0.39 is 20.9 Å². The maximum Gasteiger partial charge on any atom is 0.270 e. The Hall–Kier alpha value is -3.19. The zero-order valence-electron chi connectivity index (χ0n) is 15.8. The van der Waals surface area contributed by atoms with Gasteiger partial charge in [-0.15, -0.1) is 11.3 Å². The fourth-order valence-corrected chi connectivity index (χ4v) is 4.12. The molecule has 156 valence electrons. The average Bonchev–Trinajstić information content (AvgIpc) is 3.21. The van der Waals surface area contributed by atoms with Gasteiger partial charge in [0.1, 0.15) is 0 Å². The van der Waals surface area contributed by atoms with E-state index in [1.54, 1.807) is 17.5 Å². The summed E-state index contributed by atoms with van der Waals surface area (Å²) in [6, 6.07) is 11.4.